The molecule has 0 saturated heterocycles. The van der Waals surface area contributed by atoms with E-state index in [2.05, 4.69) is 15.7 Å². The summed E-state index contributed by atoms with van der Waals surface area (Å²) < 4.78 is 1.79. The molecule has 2 N–H and O–H groups in total. The Morgan fingerprint density at radius 2 is 2.25 bits per heavy atom. The van der Waals surface area contributed by atoms with Crippen molar-refractivity contribution in [3.05, 3.63) is 48.3 Å². The van der Waals surface area contributed by atoms with Crippen LogP contribution in [0.25, 0.3) is 0 Å². The van der Waals surface area contributed by atoms with Gasteiger partial charge < -0.3 is 10.6 Å². The summed E-state index contributed by atoms with van der Waals surface area (Å²) in [5.41, 5.74) is 2.02. The molecule has 1 aromatic heterocycles. The molecule has 0 radical (unpaired) electrons. The van der Waals surface area contributed by atoms with E-state index in [0.29, 0.717) is 25.8 Å². The van der Waals surface area contributed by atoms with E-state index in [9.17, 15) is 9.59 Å². The molecule has 0 spiro atoms. The molecular weight excluding hydrogens is 304 g/mol. The number of anilines is 1. The number of nitrogens with zero attached hydrogens (tertiary/aromatic N) is 2. The standard InChI is InChI=1S/C18H22N4O2/c1-13(12-22-10-4-9-19-22)20-17(23)8-7-15-11-14-5-2-3-6-16(14)21-18(15)24/h2-6,9-10,13,15H,7-8,11-12H2,1H3,(H,20,23)(H,21,24)/t13-,15+/m1/s1. The van der Waals surface area contributed by atoms with E-state index in [1.165, 1.54) is 0 Å². The van der Waals surface area contributed by atoms with E-state index in [1.807, 2.05) is 43.5 Å². The van der Waals surface area contributed by atoms with Gasteiger partial charge in [-0.05, 0) is 37.5 Å². The number of amides is 2. The van der Waals surface area contributed by atoms with Crippen LogP contribution in [-0.4, -0.2) is 27.6 Å². The number of carbonyl (C=O) groups is 2. The minimum atomic E-state index is -0.146. The lowest BCUT2D eigenvalue weighted by Crippen LogP contribution is -2.37. The molecule has 0 aliphatic carbocycles. The number of hydrogen-bond acceptors (Lipinski definition) is 3. The van der Waals surface area contributed by atoms with Crippen LogP contribution in [-0.2, 0) is 22.6 Å². The van der Waals surface area contributed by atoms with E-state index >= 15 is 0 Å². The van der Waals surface area contributed by atoms with Gasteiger partial charge in [0.2, 0.25) is 11.8 Å². The third-order valence-corrected chi connectivity index (χ3v) is 4.26. The molecule has 1 aliphatic rings. The third-order valence-electron chi connectivity index (χ3n) is 4.26. The number of carbonyl (C=O) groups excluding carboxylic acids is 2. The molecule has 0 unspecified atom stereocenters. The zero-order valence-electron chi connectivity index (χ0n) is 13.7. The van der Waals surface area contributed by atoms with E-state index in [1.54, 1.807) is 10.9 Å². The lowest BCUT2D eigenvalue weighted by molar-refractivity contribution is -0.123. The minimum Gasteiger partial charge on any atom is -0.352 e. The topological polar surface area (TPSA) is 76.0 Å². The van der Waals surface area contributed by atoms with Gasteiger partial charge in [0.05, 0.1) is 6.54 Å². The first-order chi connectivity index (χ1) is 11.6. The van der Waals surface area contributed by atoms with Crippen LogP contribution in [0.15, 0.2) is 42.7 Å². The van der Waals surface area contributed by atoms with Gasteiger partial charge in [0.25, 0.3) is 0 Å². The Kier molecular flexibility index (Phi) is 4.93. The van der Waals surface area contributed by atoms with Crippen LogP contribution in [0.3, 0.4) is 0 Å². The van der Waals surface area contributed by atoms with Crippen LogP contribution >= 0.6 is 0 Å². The second-order valence-electron chi connectivity index (χ2n) is 6.28. The summed E-state index contributed by atoms with van der Waals surface area (Å²) in [5, 5.41) is 10.0. The monoisotopic (exact) mass is 326 g/mol. The van der Waals surface area contributed by atoms with Crippen LogP contribution in [0, 0.1) is 5.92 Å². The molecule has 126 valence electrons. The zero-order chi connectivity index (χ0) is 16.9. The van der Waals surface area contributed by atoms with Crippen molar-refractivity contribution in [2.45, 2.75) is 38.8 Å². The Morgan fingerprint density at radius 1 is 1.42 bits per heavy atom. The summed E-state index contributed by atoms with van der Waals surface area (Å²) in [7, 11) is 0. The van der Waals surface area contributed by atoms with E-state index < -0.39 is 0 Å². The van der Waals surface area contributed by atoms with Crippen molar-refractivity contribution in [3.63, 3.8) is 0 Å². The highest BCUT2D eigenvalue weighted by Gasteiger charge is 2.26. The quantitative estimate of drug-likeness (QED) is 0.852. The Labute approximate surface area is 141 Å². The molecule has 0 saturated carbocycles. The van der Waals surface area contributed by atoms with Gasteiger partial charge in [-0.25, -0.2) is 0 Å². The fourth-order valence-corrected chi connectivity index (χ4v) is 3.03. The summed E-state index contributed by atoms with van der Waals surface area (Å²) in [6.45, 7) is 2.58. The van der Waals surface area contributed by atoms with Crippen LogP contribution in [0.2, 0.25) is 0 Å². The van der Waals surface area contributed by atoms with E-state index in [-0.39, 0.29) is 23.8 Å². The van der Waals surface area contributed by atoms with Gasteiger partial charge in [0.15, 0.2) is 0 Å². The van der Waals surface area contributed by atoms with Crippen molar-refractivity contribution in [2.75, 3.05) is 5.32 Å². The van der Waals surface area contributed by atoms with Crippen molar-refractivity contribution in [3.8, 4) is 0 Å². The van der Waals surface area contributed by atoms with Crippen molar-refractivity contribution < 1.29 is 9.59 Å². The molecule has 1 aliphatic heterocycles. The van der Waals surface area contributed by atoms with Gasteiger partial charge in [-0.3, -0.25) is 14.3 Å². The Hall–Kier alpha value is -2.63. The molecule has 2 aromatic rings. The predicted molar refractivity (Wildman–Crippen MR) is 91.3 cm³/mol. The van der Waals surface area contributed by atoms with Gasteiger partial charge in [0.1, 0.15) is 0 Å². The first-order valence-corrected chi connectivity index (χ1v) is 8.27. The summed E-state index contributed by atoms with van der Waals surface area (Å²) in [6, 6.07) is 9.67. The molecule has 2 heterocycles. The number of rotatable bonds is 6. The Balaban J connectivity index is 1.47. The number of nitrogens with one attached hydrogen (secondary N) is 2. The van der Waals surface area contributed by atoms with E-state index in [0.717, 1.165) is 11.3 Å². The van der Waals surface area contributed by atoms with Crippen LogP contribution < -0.4 is 10.6 Å². The second kappa shape index (κ2) is 7.29. The molecule has 1 aromatic carbocycles. The first-order valence-electron chi connectivity index (χ1n) is 8.27. The fraction of sp³-hybridized carbons (Fsp3) is 0.389. The molecule has 0 fully saturated rings. The highest BCUT2D eigenvalue weighted by Crippen LogP contribution is 2.27. The van der Waals surface area contributed by atoms with Crippen molar-refractivity contribution in [1.29, 1.82) is 0 Å². The van der Waals surface area contributed by atoms with Crippen LogP contribution in [0.5, 0.6) is 0 Å². The summed E-state index contributed by atoms with van der Waals surface area (Å²) in [5.74, 6) is -0.167. The summed E-state index contributed by atoms with van der Waals surface area (Å²) in [6.07, 6.45) is 5.18. The number of hydrogen-bond donors (Lipinski definition) is 2. The van der Waals surface area contributed by atoms with Crippen LogP contribution in [0.4, 0.5) is 5.69 Å². The molecule has 6 heteroatoms. The molecule has 24 heavy (non-hydrogen) atoms. The summed E-state index contributed by atoms with van der Waals surface area (Å²) in [4.78, 5) is 24.3. The molecule has 0 bridgehead atoms. The maximum absolute atomic E-state index is 12.1. The number of benzene rings is 1. The molecular formula is C18H22N4O2. The van der Waals surface area contributed by atoms with Gasteiger partial charge in [-0.15, -0.1) is 0 Å². The lowest BCUT2D eigenvalue weighted by Gasteiger charge is -2.24. The molecule has 2 atom stereocenters. The second-order valence-corrected chi connectivity index (χ2v) is 6.28. The highest BCUT2D eigenvalue weighted by atomic mass is 16.2. The fourth-order valence-electron chi connectivity index (χ4n) is 3.03. The number of para-hydroxylation sites is 1. The predicted octanol–water partition coefficient (Wildman–Crippen LogP) is 1.98. The third kappa shape index (κ3) is 4.01. The average molecular weight is 326 g/mol. The van der Waals surface area contributed by atoms with E-state index in [4.69, 9.17) is 0 Å². The zero-order valence-corrected chi connectivity index (χ0v) is 13.7. The SMILES string of the molecule is C[C@H](Cn1cccn1)NC(=O)CC[C@H]1Cc2ccccc2NC1=O. The van der Waals surface area contributed by atoms with Crippen molar-refractivity contribution >= 4 is 17.5 Å². The van der Waals surface area contributed by atoms with Gasteiger partial charge in [-0.2, -0.15) is 5.10 Å². The van der Waals surface area contributed by atoms with Gasteiger partial charge in [0, 0.05) is 36.5 Å². The molecule has 3 rings (SSSR count). The molecule has 6 nitrogen and oxygen atoms in total. The molecule has 2 amide bonds. The van der Waals surface area contributed by atoms with Crippen molar-refractivity contribution in [2.24, 2.45) is 5.92 Å². The first kappa shape index (κ1) is 16.2. The Morgan fingerprint density at radius 3 is 3.04 bits per heavy atom. The normalized spacial score (nSPS) is 17.7. The average Bonchev–Trinajstić information content (AvgIpc) is 3.05. The lowest BCUT2D eigenvalue weighted by atomic mass is 9.89. The van der Waals surface area contributed by atoms with Gasteiger partial charge >= 0.3 is 0 Å². The smallest absolute Gasteiger partial charge is 0.227 e. The minimum absolute atomic E-state index is 0.00157. The highest BCUT2D eigenvalue weighted by molar-refractivity contribution is 5.96. The van der Waals surface area contributed by atoms with Gasteiger partial charge in [-0.1, -0.05) is 18.2 Å². The number of aromatic nitrogens is 2. The largest absolute Gasteiger partial charge is 0.352 e. The van der Waals surface area contributed by atoms with Crippen LogP contribution in [0.1, 0.15) is 25.3 Å². The Bertz CT molecular complexity index is 712. The number of fused-ring (bicyclic) bond motifs is 1. The summed E-state index contributed by atoms with van der Waals surface area (Å²) >= 11 is 0. The van der Waals surface area contributed by atoms with Crippen molar-refractivity contribution in [1.82, 2.24) is 15.1 Å². The maximum atomic E-state index is 12.1. The maximum Gasteiger partial charge on any atom is 0.227 e.